The zero-order valence-corrected chi connectivity index (χ0v) is 13.8. The highest BCUT2D eigenvalue weighted by molar-refractivity contribution is 5.94. The van der Waals surface area contributed by atoms with Crippen LogP contribution in [-0.4, -0.2) is 59.6 Å². The number of carbonyl (C=O) groups is 1. The number of aliphatic hydroxyl groups excluding tert-OH is 1. The van der Waals surface area contributed by atoms with Crippen molar-refractivity contribution in [1.82, 2.24) is 9.80 Å². The molecular formula is C17H24F2N2O2. The number of aliphatic hydroxyl groups is 1. The Morgan fingerprint density at radius 2 is 2.04 bits per heavy atom. The highest BCUT2D eigenvalue weighted by Crippen LogP contribution is 2.20. The summed E-state index contributed by atoms with van der Waals surface area (Å²) in [6.07, 6.45) is 0.607. The van der Waals surface area contributed by atoms with Gasteiger partial charge in [-0.2, -0.15) is 0 Å². The van der Waals surface area contributed by atoms with Gasteiger partial charge in [0.2, 0.25) is 0 Å². The number of likely N-dealkylation sites (tertiary alicyclic amines) is 1. The fourth-order valence-corrected chi connectivity index (χ4v) is 2.90. The molecule has 2 atom stereocenters. The molecule has 1 fully saturated rings. The van der Waals surface area contributed by atoms with Gasteiger partial charge < -0.3 is 10.0 Å². The Bertz CT molecular complexity index is 562. The largest absolute Gasteiger partial charge is 0.390 e. The van der Waals surface area contributed by atoms with Crippen LogP contribution in [0.25, 0.3) is 0 Å². The molecule has 0 bridgehead atoms. The van der Waals surface area contributed by atoms with Gasteiger partial charge in [0.1, 0.15) is 0 Å². The molecule has 23 heavy (non-hydrogen) atoms. The Labute approximate surface area is 135 Å². The van der Waals surface area contributed by atoms with E-state index in [9.17, 15) is 18.7 Å². The highest BCUT2D eigenvalue weighted by atomic mass is 19.2. The second kappa shape index (κ2) is 7.36. The van der Waals surface area contributed by atoms with E-state index in [0.29, 0.717) is 19.6 Å². The summed E-state index contributed by atoms with van der Waals surface area (Å²) in [6.45, 7) is 6.01. The van der Waals surface area contributed by atoms with Gasteiger partial charge in [0.25, 0.3) is 5.91 Å². The fourth-order valence-electron chi connectivity index (χ4n) is 2.90. The number of hydrogen-bond donors (Lipinski definition) is 1. The van der Waals surface area contributed by atoms with Crippen molar-refractivity contribution in [3.8, 4) is 0 Å². The van der Waals surface area contributed by atoms with E-state index in [1.54, 1.807) is 11.9 Å². The van der Waals surface area contributed by atoms with Crippen LogP contribution < -0.4 is 0 Å². The van der Waals surface area contributed by atoms with Crippen LogP contribution in [0.15, 0.2) is 18.2 Å². The second-order valence-electron chi connectivity index (χ2n) is 6.37. The van der Waals surface area contributed by atoms with Crippen LogP contribution in [0.2, 0.25) is 0 Å². The second-order valence-corrected chi connectivity index (χ2v) is 6.37. The predicted octanol–water partition coefficient (Wildman–Crippen LogP) is 2.13. The van der Waals surface area contributed by atoms with Crippen LogP contribution in [0.3, 0.4) is 0 Å². The minimum atomic E-state index is -1.02. The lowest BCUT2D eigenvalue weighted by molar-refractivity contribution is -0.0162. The number of nitrogens with zero attached hydrogens (tertiary/aromatic N) is 2. The van der Waals surface area contributed by atoms with Gasteiger partial charge in [-0.25, -0.2) is 8.78 Å². The maximum atomic E-state index is 13.4. The quantitative estimate of drug-likeness (QED) is 0.871. The number of likely N-dealkylation sites (N-methyl/N-ethyl adjacent to an activating group) is 1. The number of carbonyl (C=O) groups excluding carboxylic acids is 1. The maximum Gasteiger partial charge on any atom is 0.254 e. The molecule has 1 saturated heterocycles. The van der Waals surface area contributed by atoms with Crippen LogP contribution in [0.4, 0.5) is 8.78 Å². The van der Waals surface area contributed by atoms with E-state index in [1.807, 2.05) is 0 Å². The summed E-state index contributed by atoms with van der Waals surface area (Å²) in [5, 5.41) is 9.41. The Kier molecular flexibility index (Phi) is 5.70. The Morgan fingerprint density at radius 3 is 2.57 bits per heavy atom. The molecule has 0 radical (unpaired) electrons. The third kappa shape index (κ3) is 4.06. The van der Waals surface area contributed by atoms with E-state index in [1.165, 1.54) is 6.07 Å². The Morgan fingerprint density at radius 1 is 1.39 bits per heavy atom. The average Bonchev–Trinajstić information content (AvgIpc) is 2.51. The predicted molar refractivity (Wildman–Crippen MR) is 84.1 cm³/mol. The topological polar surface area (TPSA) is 43.8 Å². The molecule has 0 aromatic heterocycles. The van der Waals surface area contributed by atoms with Gasteiger partial charge in [0, 0.05) is 38.3 Å². The van der Waals surface area contributed by atoms with E-state index < -0.39 is 11.6 Å². The van der Waals surface area contributed by atoms with Crippen LogP contribution in [0.5, 0.6) is 0 Å². The first-order valence-corrected chi connectivity index (χ1v) is 7.96. The van der Waals surface area contributed by atoms with Crippen LogP contribution in [0, 0.1) is 17.6 Å². The lowest BCUT2D eigenvalue weighted by Gasteiger charge is -2.42. The molecule has 1 aliphatic heterocycles. The van der Waals surface area contributed by atoms with Crippen molar-refractivity contribution in [2.75, 3.05) is 26.7 Å². The van der Waals surface area contributed by atoms with Crippen LogP contribution in [-0.2, 0) is 0 Å². The molecule has 1 unspecified atom stereocenters. The molecule has 0 aliphatic carbocycles. The number of amides is 1. The van der Waals surface area contributed by atoms with Crippen LogP contribution in [0.1, 0.15) is 30.6 Å². The van der Waals surface area contributed by atoms with E-state index >= 15 is 0 Å². The molecule has 1 amide bonds. The van der Waals surface area contributed by atoms with Crippen molar-refractivity contribution in [3.63, 3.8) is 0 Å². The van der Waals surface area contributed by atoms with Crippen molar-refractivity contribution < 1.29 is 18.7 Å². The van der Waals surface area contributed by atoms with Gasteiger partial charge >= 0.3 is 0 Å². The standard InChI is InChI=1S/C17H24F2N2O2/c1-4-11(2)16(10-21-8-13(22)9-21)20(3)17(23)12-5-6-14(18)15(19)7-12/h5-7,11,13,16,22H,4,8-10H2,1-3H3/t11-,16?/m0/s1. The number of hydrogen-bond acceptors (Lipinski definition) is 3. The zero-order valence-electron chi connectivity index (χ0n) is 13.8. The first kappa shape index (κ1) is 17.8. The summed E-state index contributed by atoms with van der Waals surface area (Å²) in [4.78, 5) is 16.3. The van der Waals surface area contributed by atoms with Crippen molar-refractivity contribution in [1.29, 1.82) is 0 Å². The summed E-state index contributed by atoms with van der Waals surface area (Å²) < 4.78 is 26.4. The number of halogens is 2. The van der Waals surface area contributed by atoms with Crippen molar-refractivity contribution in [2.45, 2.75) is 32.4 Å². The minimum Gasteiger partial charge on any atom is -0.390 e. The number of rotatable bonds is 6. The minimum absolute atomic E-state index is 0.0480. The lowest BCUT2D eigenvalue weighted by atomic mass is 9.95. The molecule has 0 spiro atoms. The van der Waals surface area contributed by atoms with E-state index in [4.69, 9.17) is 0 Å². The first-order chi connectivity index (χ1) is 10.8. The van der Waals surface area contributed by atoms with E-state index in [0.717, 1.165) is 18.6 Å². The van der Waals surface area contributed by atoms with Crippen molar-refractivity contribution in [3.05, 3.63) is 35.4 Å². The lowest BCUT2D eigenvalue weighted by Crippen LogP contribution is -2.57. The van der Waals surface area contributed by atoms with Gasteiger partial charge in [-0.1, -0.05) is 20.3 Å². The molecule has 1 aliphatic rings. The summed E-state index contributed by atoms with van der Waals surface area (Å²) in [5.74, 6) is -2.05. The third-order valence-corrected chi connectivity index (χ3v) is 4.67. The van der Waals surface area contributed by atoms with Gasteiger partial charge in [-0.15, -0.1) is 0 Å². The fraction of sp³-hybridized carbons (Fsp3) is 0.588. The smallest absolute Gasteiger partial charge is 0.254 e. The number of β-amino-alcohol motifs (C(OH)–C–C–N with tert-alkyl or cyclic N) is 1. The molecule has 2 rings (SSSR count). The molecule has 1 N–H and O–H groups in total. The SMILES string of the molecule is CC[C@H](C)C(CN1CC(O)C1)N(C)C(=O)c1ccc(F)c(F)c1. The van der Waals surface area contributed by atoms with Gasteiger partial charge in [-0.05, 0) is 24.1 Å². The van der Waals surface area contributed by atoms with Gasteiger partial charge in [0.15, 0.2) is 11.6 Å². The molecule has 128 valence electrons. The van der Waals surface area contributed by atoms with Crippen molar-refractivity contribution in [2.24, 2.45) is 5.92 Å². The number of benzene rings is 1. The summed E-state index contributed by atoms with van der Waals surface area (Å²) in [6, 6.07) is 3.17. The first-order valence-electron chi connectivity index (χ1n) is 7.96. The highest BCUT2D eigenvalue weighted by Gasteiger charge is 2.32. The third-order valence-electron chi connectivity index (χ3n) is 4.67. The summed E-state index contributed by atoms with van der Waals surface area (Å²) in [7, 11) is 1.69. The molecule has 6 heteroatoms. The van der Waals surface area contributed by atoms with Gasteiger partial charge in [-0.3, -0.25) is 9.69 Å². The molecule has 1 aromatic carbocycles. The molecule has 1 heterocycles. The monoisotopic (exact) mass is 326 g/mol. The summed E-state index contributed by atoms with van der Waals surface area (Å²) in [5.41, 5.74) is 0.142. The average molecular weight is 326 g/mol. The Hall–Kier alpha value is -1.53. The molecule has 4 nitrogen and oxygen atoms in total. The van der Waals surface area contributed by atoms with E-state index in [2.05, 4.69) is 18.7 Å². The molecule has 1 aromatic rings. The maximum absolute atomic E-state index is 13.4. The van der Waals surface area contributed by atoms with E-state index in [-0.39, 0.29) is 29.5 Å². The van der Waals surface area contributed by atoms with Crippen LogP contribution >= 0.6 is 0 Å². The zero-order chi connectivity index (χ0) is 17.1. The normalized spacial score (nSPS) is 18.3. The summed E-state index contributed by atoms with van der Waals surface area (Å²) >= 11 is 0. The molecular weight excluding hydrogens is 302 g/mol. The van der Waals surface area contributed by atoms with Gasteiger partial charge in [0.05, 0.1) is 6.10 Å². The molecule has 0 saturated carbocycles. The Balaban J connectivity index is 2.12. The van der Waals surface area contributed by atoms with Crippen molar-refractivity contribution >= 4 is 5.91 Å².